The van der Waals surface area contributed by atoms with Crippen molar-refractivity contribution in [3.05, 3.63) is 57.8 Å². The minimum Gasteiger partial charge on any atom is -0.363 e. The van der Waals surface area contributed by atoms with Gasteiger partial charge in [0.15, 0.2) is 5.11 Å². The summed E-state index contributed by atoms with van der Waals surface area (Å²) in [4.78, 5) is 3.46. The van der Waals surface area contributed by atoms with Gasteiger partial charge in [-0.3, -0.25) is 0 Å². The predicted molar refractivity (Wildman–Crippen MR) is 114 cm³/mol. The first-order valence-corrected chi connectivity index (χ1v) is 10.2. The number of nitrogens with one attached hydrogen (secondary N) is 2. The van der Waals surface area contributed by atoms with Gasteiger partial charge in [0.1, 0.15) is 0 Å². The van der Waals surface area contributed by atoms with E-state index in [1.807, 2.05) is 0 Å². The standard InChI is InChI=1S/C20H29N3S2/c1-4-7-16-9-11-17(12-10-16)19(18-8-5-15-25-18)22-20(24)21-13-6-14-23(2)3/h5,8-12,15,19H,4,6-7,13-14H2,1-3H3,(H2,21,22,24)/t19-/m1/s1. The van der Waals surface area contributed by atoms with Crippen LogP contribution in [0.2, 0.25) is 0 Å². The van der Waals surface area contributed by atoms with Crippen molar-refractivity contribution in [2.45, 2.75) is 32.2 Å². The van der Waals surface area contributed by atoms with Crippen LogP contribution in [0.4, 0.5) is 0 Å². The predicted octanol–water partition coefficient (Wildman–Crippen LogP) is 4.21. The molecule has 0 fully saturated rings. The SMILES string of the molecule is CCCc1ccc([C@@H](NC(=S)NCCCN(C)C)c2cccs2)cc1. The van der Waals surface area contributed by atoms with E-state index < -0.39 is 0 Å². The van der Waals surface area contributed by atoms with Crippen LogP contribution in [-0.2, 0) is 6.42 Å². The number of benzene rings is 1. The molecule has 5 heteroatoms. The summed E-state index contributed by atoms with van der Waals surface area (Å²) in [6, 6.07) is 13.3. The number of hydrogen-bond acceptors (Lipinski definition) is 3. The normalized spacial score (nSPS) is 12.2. The van der Waals surface area contributed by atoms with Crippen LogP contribution in [0.3, 0.4) is 0 Å². The van der Waals surface area contributed by atoms with Crippen LogP contribution >= 0.6 is 23.6 Å². The van der Waals surface area contributed by atoms with Gasteiger partial charge < -0.3 is 15.5 Å². The zero-order chi connectivity index (χ0) is 18.1. The van der Waals surface area contributed by atoms with Gasteiger partial charge in [-0.15, -0.1) is 11.3 Å². The molecule has 1 atom stereocenters. The minimum atomic E-state index is 0.101. The second kappa shape index (κ2) is 10.5. The zero-order valence-electron chi connectivity index (χ0n) is 15.4. The lowest BCUT2D eigenvalue weighted by Gasteiger charge is -2.21. The van der Waals surface area contributed by atoms with E-state index in [1.165, 1.54) is 22.4 Å². The van der Waals surface area contributed by atoms with Crippen molar-refractivity contribution in [1.82, 2.24) is 15.5 Å². The summed E-state index contributed by atoms with van der Waals surface area (Å²) in [5.41, 5.74) is 2.64. The average molecular weight is 376 g/mol. The number of thiophene rings is 1. The molecule has 0 radical (unpaired) electrons. The molecule has 2 N–H and O–H groups in total. The fraction of sp³-hybridized carbons (Fsp3) is 0.450. The van der Waals surface area contributed by atoms with Gasteiger partial charge in [0, 0.05) is 11.4 Å². The quantitative estimate of drug-likeness (QED) is 0.507. The lowest BCUT2D eigenvalue weighted by Crippen LogP contribution is -2.38. The van der Waals surface area contributed by atoms with Crippen LogP contribution in [0, 0.1) is 0 Å². The third-order valence-corrected chi connectivity index (χ3v) is 5.22. The number of hydrogen-bond donors (Lipinski definition) is 2. The molecule has 136 valence electrons. The molecule has 0 aliphatic carbocycles. The van der Waals surface area contributed by atoms with Crippen LogP contribution < -0.4 is 10.6 Å². The van der Waals surface area contributed by atoms with Gasteiger partial charge in [-0.25, -0.2) is 0 Å². The van der Waals surface area contributed by atoms with Crippen LogP contribution in [-0.4, -0.2) is 37.2 Å². The second-order valence-corrected chi connectivity index (χ2v) is 7.88. The van der Waals surface area contributed by atoms with E-state index in [4.69, 9.17) is 12.2 Å². The summed E-state index contributed by atoms with van der Waals surface area (Å²) >= 11 is 7.28. The summed E-state index contributed by atoms with van der Waals surface area (Å²) in [7, 11) is 4.18. The Morgan fingerprint density at radius 3 is 2.56 bits per heavy atom. The van der Waals surface area contributed by atoms with Gasteiger partial charge in [-0.05, 0) is 68.3 Å². The molecular formula is C20H29N3S2. The van der Waals surface area contributed by atoms with Crippen molar-refractivity contribution >= 4 is 28.7 Å². The van der Waals surface area contributed by atoms with Crippen LogP contribution in [0.5, 0.6) is 0 Å². The van der Waals surface area contributed by atoms with Gasteiger partial charge >= 0.3 is 0 Å². The summed E-state index contributed by atoms with van der Waals surface area (Å²) in [5.74, 6) is 0. The smallest absolute Gasteiger partial charge is 0.167 e. The highest BCUT2D eigenvalue weighted by Gasteiger charge is 2.16. The molecule has 2 aromatic rings. The maximum absolute atomic E-state index is 5.52. The Balaban J connectivity index is 2.00. The van der Waals surface area contributed by atoms with Crippen molar-refractivity contribution in [2.75, 3.05) is 27.2 Å². The molecule has 0 saturated carbocycles. The lowest BCUT2D eigenvalue weighted by molar-refractivity contribution is 0.400. The first kappa shape index (κ1) is 19.9. The van der Waals surface area contributed by atoms with Gasteiger partial charge in [-0.1, -0.05) is 43.7 Å². The number of rotatable bonds is 9. The fourth-order valence-electron chi connectivity index (χ4n) is 2.72. The molecule has 2 rings (SSSR count). The van der Waals surface area contributed by atoms with E-state index in [-0.39, 0.29) is 6.04 Å². The molecule has 0 aliphatic heterocycles. The third kappa shape index (κ3) is 6.77. The molecule has 0 bridgehead atoms. The van der Waals surface area contributed by atoms with Gasteiger partial charge in [0.2, 0.25) is 0 Å². The van der Waals surface area contributed by atoms with E-state index in [2.05, 4.69) is 78.3 Å². The zero-order valence-corrected chi connectivity index (χ0v) is 17.1. The summed E-state index contributed by atoms with van der Waals surface area (Å²) < 4.78 is 0. The lowest BCUT2D eigenvalue weighted by atomic mass is 10.0. The van der Waals surface area contributed by atoms with E-state index >= 15 is 0 Å². The van der Waals surface area contributed by atoms with Crippen molar-refractivity contribution in [1.29, 1.82) is 0 Å². The Bertz CT molecular complexity index is 621. The highest BCUT2D eigenvalue weighted by atomic mass is 32.1. The average Bonchev–Trinajstić information content (AvgIpc) is 3.12. The molecule has 0 saturated heterocycles. The fourth-order valence-corrected chi connectivity index (χ4v) is 3.74. The van der Waals surface area contributed by atoms with Crippen LogP contribution in [0.25, 0.3) is 0 Å². The Morgan fingerprint density at radius 2 is 1.96 bits per heavy atom. The van der Waals surface area contributed by atoms with Crippen molar-refractivity contribution in [3.8, 4) is 0 Å². The van der Waals surface area contributed by atoms with Gasteiger partial charge in [0.25, 0.3) is 0 Å². The molecule has 0 spiro atoms. The van der Waals surface area contributed by atoms with Crippen LogP contribution in [0.1, 0.15) is 41.8 Å². The van der Waals surface area contributed by atoms with Gasteiger partial charge in [-0.2, -0.15) is 0 Å². The van der Waals surface area contributed by atoms with Crippen molar-refractivity contribution in [2.24, 2.45) is 0 Å². The summed E-state index contributed by atoms with van der Waals surface area (Å²) in [5, 5.41) is 9.65. The summed E-state index contributed by atoms with van der Waals surface area (Å²) in [6.07, 6.45) is 3.38. The Hall–Kier alpha value is -1.43. The largest absolute Gasteiger partial charge is 0.363 e. The Labute approximate surface area is 161 Å². The molecule has 1 aromatic heterocycles. The molecule has 3 nitrogen and oxygen atoms in total. The third-order valence-electron chi connectivity index (χ3n) is 4.02. The second-order valence-electron chi connectivity index (χ2n) is 6.50. The number of nitrogens with zero attached hydrogens (tertiary/aromatic N) is 1. The number of thiocarbonyl (C=S) groups is 1. The minimum absolute atomic E-state index is 0.101. The van der Waals surface area contributed by atoms with E-state index in [1.54, 1.807) is 11.3 Å². The maximum Gasteiger partial charge on any atom is 0.167 e. The van der Waals surface area contributed by atoms with E-state index in [9.17, 15) is 0 Å². The molecule has 25 heavy (non-hydrogen) atoms. The van der Waals surface area contributed by atoms with Crippen LogP contribution in [0.15, 0.2) is 41.8 Å². The number of aryl methyl sites for hydroxylation is 1. The van der Waals surface area contributed by atoms with Gasteiger partial charge in [0.05, 0.1) is 6.04 Å². The van der Waals surface area contributed by atoms with Crippen molar-refractivity contribution < 1.29 is 0 Å². The van der Waals surface area contributed by atoms with E-state index in [0.29, 0.717) is 0 Å². The Kier molecular flexibility index (Phi) is 8.38. The molecule has 1 aromatic carbocycles. The highest BCUT2D eigenvalue weighted by Crippen LogP contribution is 2.26. The maximum atomic E-state index is 5.52. The molecular weight excluding hydrogens is 346 g/mol. The topological polar surface area (TPSA) is 27.3 Å². The van der Waals surface area contributed by atoms with E-state index in [0.717, 1.165) is 31.0 Å². The first-order valence-electron chi connectivity index (χ1n) is 8.91. The monoisotopic (exact) mass is 375 g/mol. The van der Waals surface area contributed by atoms with Crippen molar-refractivity contribution in [3.63, 3.8) is 0 Å². The molecule has 1 heterocycles. The molecule has 0 aliphatic rings. The Morgan fingerprint density at radius 1 is 1.20 bits per heavy atom. The first-order chi connectivity index (χ1) is 12.1. The molecule has 0 unspecified atom stereocenters. The highest BCUT2D eigenvalue weighted by molar-refractivity contribution is 7.80. The summed E-state index contributed by atoms with van der Waals surface area (Å²) in [6.45, 7) is 4.16. The molecule has 0 amide bonds.